The quantitative estimate of drug-likeness (QED) is 0.341. The second-order valence-electron chi connectivity index (χ2n) is 3.45. The van der Waals surface area contributed by atoms with E-state index in [9.17, 15) is 9.59 Å². The van der Waals surface area contributed by atoms with Crippen molar-refractivity contribution in [1.29, 1.82) is 0 Å². The summed E-state index contributed by atoms with van der Waals surface area (Å²) in [6.07, 6.45) is 0.415. The number of nitrogens with zero attached hydrogens (tertiary/aromatic N) is 4. The molecule has 0 saturated carbocycles. The summed E-state index contributed by atoms with van der Waals surface area (Å²) < 4.78 is 1.36. The molecule has 1 aromatic heterocycles. The van der Waals surface area contributed by atoms with Gasteiger partial charge in [-0.3, -0.25) is 9.59 Å². The third-order valence-electron chi connectivity index (χ3n) is 2.57. The highest BCUT2D eigenvalue weighted by atomic mass is 16.1. The molecule has 2 rings (SSSR count). The second-order valence-corrected chi connectivity index (χ2v) is 3.45. The Kier molecular flexibility index (Phi) is 2.64. The topological polar surface area (TPSA) is 87.8 Å². The number of rotatable bonds is 2. The zero-order valence-corrected chi connectivity index (χ0v) is 8.99. The fourth-order valence-corrected chi connectivity index (χ4v) is 1.76. The summed E-state index contributed by atoms with van der Waals surface area (Å²) in [5.74, 6) is 0. The molecule has 0 N–H and O–H groups in total. The van der Waals surface area contributed by atoms with Crippen molar-refractivity contribution in [2.75, 3.05) is 0 Å². The van der Waals surface area contributed by atoms with Gasteiger partial charge < -0.3 is 4.57 Å². The number of carbonyl (C=O) groups is 1. The molecule has 0 unspecified atom stereocenters. The number of pyridine rings is 1. The first-order chi connectivity index (χ1) is 8.20. The molecule has 0 atom stereocenters. The molecule has 0 radical (unpaired) electrons. The average molecular weight is 228 g/mol. The number of aldehydes is 1. The van der Waals surface area contributed by atoms with Gasteiger partial charge in [0.2, 0.25) is 0 Å². The zero-order chi connectivity index (χ0) is 12.4. The highest BCUT2D eigenvalue weighted by Gasteiger charge is 2.12. The van der Waals surface area contributed by atoms with Crippen LogP contribution in [0.15, 0.2) is 34.2 Å². The normalized spacial score (nSPS) is 9.94. The van der Waals surface area contributed by atoms with Crippen LogP contribution in [-0.4, -0.2) is 10.9 Å². The Bertz CT molecular complexity index is 711. The van der Waals surface area contributed by atoms with E-state index in [4.69, 9.17) is 5.53 Å². The van der Waals surface area contributed by atoms with E-state index in [1.54, 1.807) is 31.3 Å². The van der Waals surface area contributed by atoms with Crippen molar-refractivity contribution in [2.24, 2.45) is 12.2 Å². The first kappa shape index (κ1) is 10.9. The van der Waals surface area contributed by atoms with E-state index in [-0.39, 0.29) is 11.3 Å². The monoisotopic (exact) mass is 228 g/mol. The van der Waals surface area contributed by atoms with Crippen LogP contribution in [-0.2, 0) is 7.05 Å². The Morgan fingerprint density at radius 1 is 1.41 bits per heavy atom. The summed E-state index contributed by atoms with van der Waals surface area (Å²) >= 11 is 0. The Labute approximate surface area is 95.7 Å². The minimum Gasteiger partial charge on any atom is -0.311 e. The summed E-state index contributed by atoms with van der Waals surface area (Å²) in [6.45, 7) is 0. The smallest absolute Gasteiger partial charge is 0.261 e. The maximum atomic E-state index is 11.9. The number of hydrogen-bond acceptors (Lipinski definition) is 3. The van der Waals surface area contributed by atoms with Crippen LogP contribution in [0.25, 0.3) is 21.3 Å². The summed E-state index contributed by atoms with van der Waals surface area (Å²) in [4.78, 5) is 25.4. The van der Waals surface area contributed by atoms with Gasteiger partial charge in [0, 0.05) is 17.3 Å². The van der Waals surface area contributed by atoms with E-state index >= 15 is 0 Å². The third-order valence-corrected chi connectivity index (χ3v) is 2.57. The van der Waals surface area contributed by atoms with Gasteiger partial charge in [-0.05, 0) is 11.6 Å². The second kappa shape index (κ2) is 4.11. The number of benzene rings is 1. The minimum atomic E-state index is -0.471. The van der Waals surface area contributed by atoms with E-state index < -0.39 is 5.56 Å². The van der Waals surface area contributed by atoms with Crippen molar-refractivity contribution in [3.63, 3.8) is 0 Å². The first-order valence-electron chi connectivity index (χ1n) is 4.82. The molecule has 0 fully saturated rings. The largest absolute Gasteiger partial charge is 0.311 e. The number of aromatic nitrogens is 1. The zero-order valence-electron chi connectivity index (χ0n) is 8.99. The summed E-state index contributed by atoms with van der Waals surface area (Å²) in [5.41, 5.74) is 8.60. The van der Waals surface area contributed by atoms with Gasteiger partial charge in [-0.1, -0.05) is 23.3 Å². The van der Waals surface area contributed by atoms with E-state index in [0.29, 0.717) is 17.2 Å². The molecule has 0 aliphatic carbocycles. The molecule has 6 nitrogen and oxygen atoms in total. The highest BCUT2D eigenvalue weighted by molar-refractivity contribution is 5.98. The SMILES string of the molecule is Cn1c(=O)c(C=O)c(N=[N+]=[N-])c2ccccc21. The number of aryl methyl sites for hydroxylation is 1. The Morgan fingerprint density at radius 2 is 2.12 bits per heavy atom. The summed E-state index contributed by atoms with van der Waals surface area (Å²) in [6, 6.07) is 6.94. The number of hydrogen-bond donors (Lipinski definition) is 0. The van der Waals surface area contributed by atoms with Gasteiger partial charge in [0.15, 0.2) is 6.29 Å². The van der Waals surface area contributed by atoms with E-state index in [0.717, 1.165) is 0 Å². The summed E-state index contributed by atoms with van der Waals surface area (Å²) in [7, 11) is 1.57. The van der Waals surface area contributed by atoms with Crippen LogP contribution in [0.3, 0.4) is 0 Å². The maximum absolute atomic E-state index is 11.9. The van der Waals surface area contributed by atoms with Crippen molar-refractivity contribution in [2.45, 2.75) is 0 Å². The molecular formula is C11H8N4O2. The van der Waals surface area contributed by atoms with Crippen molar-refractivity contribution >= 4 is 22.9 Å². The lowest BCUT2D eigenvalue weighted by atomic mass is 10.1. The fraction of sp³-hybridized carbons (Fsp3) is 0.0909. The highest BCUT2D eigenvalue weighted by Crippen LogP contribution is 2.26. The van der Waals surface area contributed by atoms with Crippen LogP contribution in [0.4, 0.5) is 5.69 Å². The molecule has 0 amide bonds. The average Bonchev–Trinajstić information content (AvgIpc) is 2.36. The van der Waals surface area contributed by atoms with Gasteiger partial charge in [0.1, 0.15) is 0 Å². The molecule has 17 heavy (non-hydrogen) atoms. The van der Waals surface area contributed by atoms with Crippen LogP contribution in [0, 0.1) is 0 Å². The molecule has 0 bridgehead atoms. The fourth-order valence-electron chi connectivity index (χ4n) is 1.76. The predicted molar refractivity (Wildman–Crippen MR) is 63.4 cm³/mol. The molecule has 0 aliphatic rings. The number of carbonyl (C=O) groups excluding carboxylic acids is 1. The number of para-hydroxylation sites is 1. The van der Waals surface area contributed by atoms with Crippen LogP contribution in [0.1, 0.15) is 10.4 Å². The van der Waals surface area contributed by atoms with Gasteiger partial charge >= 0.3 is 0 Å². The lowest BCUT2D eigenvalue weighted by molar-refractivity contribution is 0.112. The molecule has 1 aromatic carbocycles. The van der Waals surface area contributed by atoms with Gasteiger partial charge in [0.05, 0.1) is 16.8 Å². The molecule has 2 aromatic rings. The molecule has 84 valence electrons. The number of azide groups is 1. The Balaban J connectivity index is 3.12. The van der Waals surface area contributed by atoms with Crippen molar-refractivity contribution in [3.05, 3.63) is 50.6 Å². The van der Waals surface area contributed by atoms with E-state index in [1.165, 1.54) is 4.57 Å². The molecule has 0 saturated heterocycles. The lowest BCUT2D eigenvalue weighted by Gasteiger charge is -2.08. The van der Waals surface area contributed by atoms with Gasteiger partial charge in [0.25, 0.3) is 5.56 Å². The lowest BCUT2D eigenvalue weighted by Crippen LogP contribution is -2.21. The summed E-state index contributed by atoms with van der Waals surface area (Å²) in [5, 5.41) is 4.02. The Morgan fingerprint density at radius 3 is 2.76 bits per heavy atom. The predicted octanol–water partition coefficient (Wildman–Crippen LogP) is 2.29. The van der Waals surface area contributed by atoms with Crippen LogP contribution in [0.2, 0.25) is 0 Å². The third kappa shape index (κ3) is 1.56. The molecule has 0 aliphatic heterocycles. The number of fused-ring (bicyclic) bond motifs is 1. The van der Waals surface area contributed by atoms with Crippen molar-refractivity contribution in [3.8, 4) is 0 Å². The molecule has 1 heterocycles. The molecule has 6 heteroatoms. The van der Waals surface area contributed by atoms with Crippen molar-refractivity contribution in [1.82, 2.24) is 4.57 Å². The van der Waals surface area contributed by atoms with E-state index in [2.05, 4.69) is 10.0 Å². The Hall–Kier alpha value is -2.59. The van der Waals surface area contributed by atoms with Crippen molar-refractivity contribution < 1.29 is 4.79 Å². The minimum absolute atomic E-state index is 0.0844. The van der Waals surface area contributed by atoms with Gasteiger partial charge in [-0.2, -0.15) is 0 Å². The first-order valence-corrected chi connectivity index (χ1v) is 4.82. The standard InChI is InChI=1S/C11H8N4O2/c1-15-9-5-3-2-4-7(9)10(13-14-12)8(6-16)11(15)17/h2-6H,1H3. The van der Waals surface area contributed by atoms with Crippen LogP contribution < -0.4 is 5.56 Å². The van der Waals surface area contributed by atoms with E-state index in [1.807, 2.05) is 0 Å². The molecular weight excluding hydrogens is 220 g/mol. The van der Waals surface area contributed by atoms with Crippen LogP contribution in [0.5, 0.6) is 0 Å². The van der Waals surface area contributed by atoms with Crippen LogP contribution >= 0.6 is 0 Å². The molecule has 0 spiro atoms. The van der Waals surface area contributed by atoms with Gasteiger partial charge in [-0.25, -0.2) is 0 Å². The van der Waals surface area contributed by atoms with Gasteiger partial charge in [-0.15, -0.1) is 0 Å². The maximum Gasteiger partial charge on any atom is 0.261 e.